The average molecular weight is 960 g/mol. The van der Waals surface area contributed by atoms with Gasteiger partial charge in [0.2, 0.25) is 11.8 Å². The summed E-state index contributed by atoms with van der Waals surface area (Å²) >= 11 is 5.58. The summed E-state index contributed by atoms with van der Waals surface area (Å²) in [6, 6.07) is -0.502. The van der Waals surface area contributed by atoms with Gasteiger partial charge in [-0.15, -0.1) is 0 Å². The number of likely N-dealkylation sites (tertiary alicyclic amines) is 4. The Kier molecular flexibility index (Phi) is 16.4. The number of hydrogen-bond donors (Lipinski definition) is 3. The van der Waals surface area contributed by atoms with Gasteiger partial charge in [0, 0.05) is 88.2 Å². The molecule has 0 bridgehead atoms. The van der Waals surface area contributed by atoms with E-state index in [0.717, 1.165) is 0 Å². The number of amides is 7. The number of benzene rings is 2. The Morgan fingerprint density at radius 1 is 0.621 bits per heavy atom. The van der Waals surface area contributed by atoms with Gasteiger partial charge in [0.05, 0.1) is 12.1 Å². The molecule has 0 radical (unpaired) electrons. The molecule has 4 aliphatic heterocycles. The highest BCUT2D eigenvalue weighted by Crippen LogP contribution is 2.34. The number of urea groups is 1. The van der Waals surface area contributed by atoms with Gasteiger partial charge in [-0.2, -0.15) is 0 Å². The molecule has 0 aromatic heterocycles. The van der Waals surface area contributed by atoms with Crippen LogP contribution >= 0.6 is 11.6 Å². The van der Waals surface area contributed by atoms with E-state index in [1.165, 1.54) is 9.80 Å². The molecule has 7 amide bonds. The average Bonchev–Trinajstić information content (AvgIpc) is 3.96. The van der Waals surface area contributed by atoms with E-state index < -0.39 is 81.8 Å². The molecule has 4 fully saturated rings. The molecule has 0 spiro atoms. The maximum Gasteiger partial charge on any atom is 0.407 e. The zero-order valence-corrected chi connectivity index (χ0v) is 38.3. The van der Waals surface area contributed by atoms with Crippen molar-refractivity contribution in [1.29, 1.82) is 0 Å². The van der Waals surface area contributed by atoms with Crippen molar-refractivity contribution in [3.8, 4) is 0 Å². The van der Waals surface area contributed by atoms with Crippen LogP contribution < -0.4 is 16.4 Å². The summed E-state index contributed by atoms with van der Waals surface area (Å²) in [4.78, 5) is 80.1. The van der Waals surface area contributed by atoms with Crippen LogP contribution in [0.25, 0.3) is 0 Å². The van der Waals surface area contributed by atoms with E-state index in [2.05, 4.69) is 10.6 Å². The maximum atomic E-state index is 14.2. The molecule has 66 heavy (non-hydrogen) atoms. The van der Waals surface area contributed by atoms with Crippen LogP contribution in [0.2, 0.25) is 0 Å². The summed E-state index contributed by atoms with van der Waals surface area (Å²) in [7, 11) is 0. The zero-order valence-electron chi connectivity index (χ0n) is 37.5. The van der Waals surface area contributed by atoms with E-state index in [-0.39, 0.29) is 72.5 Å². The van der Waals surface area contributed by atoms with E-state index in [9.17, 15) is 55.1 Å². The second-order valence-corrected chi connectivity index (χ2v) is 19.3. The number of ether oxygens (including phenoxy) is 2. The molecule has 0 unspecified atom stereocenters. The van der Waals surface area contributed by atoms with E-state index in [4.69, 9.17) is 26.8 Å². The van der Waals surface area contributed by atoms with Crippen molar-refractivity contribution < 1.29 is 64.6 Å². The van der Waals surface area contributed by atoms with Crippen LogP contribution in [0.15, 0.2) is 24.3 Å². The third-order valence-corrected chi connectivity index (χ3v) is 11.9. The number of nitrogens with zero attached hydrogens (tertiary/aromatic N) is 4. The summed E-state index contributed by atoms with van der Waals surface area (Å²) in [5.74, 6) is -7.47. The SMILES string of the molecule is CC(C)(C)OC(=O)N[C@@H](CC(=O)N1CC[C@H]2CN(C(=O)Cl)C[C@H]21)Cc1cc(F)c(F)cc1F.CC(C)(C)OC(=O)N[C@@H](CC(=O)N1CC[C@H]2CN(C(N)=O)C[C@H]21)Cc1cc(F)c(F)cc1F. The highest BCUT2D eigenvalue weighted by Gasteiger charge is 2.46. The molecule has 6 atom stereocenters. The number of nitrogens with two attached hydrogens (primary N) is 1. The number of alkyl carbamates (subject to hydrolysis) is 2. The molecule has 15 nitrogen and oxygen atoms in total. The van der Waals surface area contributed by atoms with Gasteiger partial charge in [0.15, 0.2) is 23.3 Å². The van der Waals surface area contributed by atoms with Crippen molar-refractivity contribution in [3.05, 3.63) is 70.3 Å². The monoisotopic (exact) mass is 959 g/mol. The van der Waals surface area contributed by atoms with Crippen LogP contribution in [-0.2, 0) is 31.9 Å². The lowest BCUT2D eigenvalue weighted by atomic mass is 10.0. The molecule has 364 valence electrons. The number of halogens is 7. The Balaban J connectivity index is 0.000000247. The van der Waals surface area contributed by atoms with Gasteiger partial charge in [-0.3, -0.25) is 14.4 Å². The standard InChI is InChI=1S/C22H27ClF3N3O4.C22H29F3N4O4/c1-22(2,3)33-21(32)27-14(6-13-7-16(25)17(26)9-15(13)24)8-19(30)29-5-4-12-10-28(20(23)31)11-18(12)29;1-22(2,3)33-21(32)27-14(6-13-7-16(24)17(25)9-15(13)23)8-19(30)29-5-4-12-10-28(20(26)31)11-18(12)29/h7,9,12,14,18H,4-6,8,10-11H2,1-3H3,(H,27,32);7,9,12,14,18H,4-6,8,10-11H2,1-3H3,(H2,26,31)(H,27,32)/t2*12-,14+,18+/m00/s1. The number of nitrogens with one attached hydrogen (secondary N) is 2. The third kappa shape index (κ3) is 13.8. The number of carbonyl (C=O) groups excluding carboxylic acids is 6. The summed E-state index contributed by atoms with van der Waals surface area (Å²) in [5.41, 5.74) is 3.38. The molecule has 22 heteroatoms. The number of fused-ring (bicyclic) bond motifs is 2. The first-order chi connectivity index (χ1) is 30.7. The molecule has 6 rings (SSSR count). The molecule has 4 saturated heterocycles. The minimum atomic E-state index is -1.33. The fraction of sp³-hybridized carbons (Fsp3) is 0.591. The Labute approximate surface area is 383 Å². The Morgan fingerprint density at radius 3 is 1.35 bits per heavy atom. The number of primary amides is 1. The fourth-order valence-electron chi connectivity index (χ4n) is 8.79. The molecule has 2 aromatic rings. The van der Waals surface area contributed by atoms with Crippen LogP contribution in [0, 0.1) is 46.7 Å². The van der Waals surface area contributed by atoms with Gasteiger partial charge in [-0.1, -0.05) is 0 Å². The molecule has 0 saturated carbocycles. The second kappa shape index (κ2) is 21.0. The van der Waals surface area contributed by atoms with Gasteiger partial charge in [0.1, 0.15) is 22.8 Å². The summed E-state index contributed by atoms with van der Waals surface area (Å²) in [6.45, 7) is 12.5. The predicted molar refractivity (Wildman–Crippen MR) is 227 cm³/mol. The molecular weight excluding hydrogens is 904 g/mol. The fourth-order valence-corrected chi connectivity index (χ4v) is 8.93. The summed E-state index contributed by atoms with van der Waals surface area (Å²) in [6.07, 6.45) is -1.13. The molecule has 4 heterocycles. The first kappa shape index (κ1) is 51.5. The van der Waals surface area contributed by atoms with Gasteiger partial charge < -0.3 is 45.4 Å². The van der Waals surface area contributed by atoms with Gasteiger partial charge >= 0.3 is 23.6 Å². The van der Waals surface area contributed by atoms with Gasteiger partial charge in [-0.25, -0.2) is 40.7 Å². The van der Waals surface area contributed by atoms with Crippen molar-refractivity contribution in [2.24, 2.45) is 17.6 Å². The molecule has 4 aliphatic rings. The van der Waals surface area contributed by atoms with Gasteiger partial charge in [0.25, 0.3) is 0 Å². The highest BCUT2D eigenvalue weighted by molar-refractivity contribution is 6.62. The Bertz CT molecular complexity index is 2030. The first-order valence-electron chi connectivity index (χ1n) is 21.5. The van der Waals surface area contributed by atoms with Crippen molar-refractivity contribution in [1.82, 2.24) is 30.2 Å². The minimum Gasteiger partial charge on any atom is -0.444 e. The van der Waals surface area contributed by atoms with Crippen LogP contribution in [0.5, 0.6) is 0 Å². The maximum absolute atomic E-state index is 14.2. The number of rotatable bonds is 10. The topological polar surface area (TPSA) is 184 Å². The third-order valence-electron chi connectivity index (χ3n) is 11.7. The zero-order chi connectivity index (χ0) is 49.0. The lowest BCUT2D eigenvalue weighted by Crippen LogP contribution is -2.46. The molecule has 4 N–H and O–H groups in total. The molecular formula is C44H56ClF6N7O8. The van der Waals surface area contributed by atoms with Crippen LogP contribution in [0.3, 0.4) is 0 Å². The van der Waals surface area contributed by atoms with Crippen LogP contribution in [0.1, 0.15) is 78.4 Å². The lowest BCUT2D eigenvalue weighted by molar-refractivity contribution is -0.133. The smallest absolute Gasteiger partial charge is 0.407 e. The number of carbonyl (C=O) groups is 6. The van der Waals surface area contributed by atoms with E-state index in [1.54, 1.807) is 51.3 Å². The van der Waals surface area contributed by atoms with Crippen molar-refractivity contribution in [2.45, 2.75) is 115 Å². The first-order valence-corrected chi connectivity index (χ1v) is 21.9. The lowest BCUT2D eigenvalue weighted by Gasteiger charge is -2.28. The normalized spacial score (nSPS) is 21.0. The summed E-state index contributed by atoms with van der Waals surface area (Å²) in [5, 5.41) is 4.52. The van der Waals surface area contributed by atoms with E-state index in [0.29, 0.717) is 76.4 Å². The largest absolute Gasteiger partial charge is 0.444 e. The van der Waals surface area contributed by atoms with Crippen molar-refractivity contribution >= 4 is 47.0 Å². The van der Waals surface area contributed by atoms with Crippen LogP contribution in [0.4, 0.5) is 45.5 Å². The quantitative estimate of drug-likeness (QED) is 0.106. The number of hydrogen-bond acceptors (Lipinski definition) is 8. The van der Waals surface area contributed by atoms with Crippen LogP contribution in [-0.4, -0.2) is 130 Å². The Morgan fingerprint density at radius 2 is 0.985 bits per heavy atom. The van der Waals surface area contributed by atoms with E-state index in [1.807, 2.05) is 0 Å². The van der Waals surface area contributed by atoms with Crippen molar-refractivity contribution in [2.75, 3.05) is 39.3 Å². The van der Waals surface area contributed by atoms with Crippen molar-refractivity contribution in [3.63, 3.8) is 0 Å². The molecule has 2 aromatic carbocycles. The van der Waals surface area contributed by atoms with E-state index >= 15 is 0 Å². The second-order valence-electron chi connectivity index (χ2n) is 19.0. The molecule has 0 aliphatic carbocycles. The predicted octanol–water partition coefficient (Wildman–Crippen LogP) is 6.36. The minimum absolute atomic E-state index is 0.109. The summed E-state index contributed by atoms with van der Waals surface area (Å²) < 4.78 is 92.9. The van der Waals surface area contributed by atoms with Gasteiger partial charge in [-0.05, 0) is 102 Å². The Hall–Kier alpha value is -5.47. The highest BCUT2D eigenvalue weighted by atomic mass is 35.5.